The topological polar surface area (TPSA) is 75.7 Å². The Morgan fingerprint density at radius 3 is 2.81 bits per heavy atom. The van der Waals surface area contributed by atoms with Gasteiger partial charge in [-0.3, -0.25) is 14.4 Å². The largest absolute Gasteiger partial charge is 0.455 e. The third-order valence-electron chi connectivity index (χ3n) is 4.51. The molecule has 0 fully saturated rings. The first-order valence-electron chi connectivity index (χ1n) is 8.93. The molecule has 2 heterocycles. The Morgan fingerprint density at radius 2 is 2.04 bits per heavy atom. The molecule has 1 aromatic carbocycles. The Bertz CT molecular complexity index is 819. The van der Waals surface area contributed by atoms with Crippen molar-refractivity contribution in [2.24, 2.45) is 0 Å². The number of carbonyl (C=O) groups excluding carboxylic acids is 3. The minimum absolute atomic E-state index is 0.0243. The first kappa shape index (κ1) is 19.1. The van der Waals surface area contributed by atoms with Gasteiger partial charge < -0.3 is 15.0 Å². The van der Waals surface area contributed by atoms with Gasteiger partial charge >= 0.3 is 5.97 Å². The fourth-order valence-corrected chi connectivity index (χ4v) is 3.77. The molecule has 1 unspecified atom stereocenters. The summed E-state index contributed by atoms with van der Waals surface area (Å²) in [5.41, 5.74) is 2.02. The molecule has 1 aliphatic heterocycles. The summed E-state index contributed by atoms with van der Waals surface area (Å²) >= 11 is 1.34. The van der Waals surface area contributed by atoms with Crippen molar-refractivity contribution >= 4 is 34.8 Å². The molecular formula is C20H22N2O4S. The second-order valence-electron chi connectivity index (χ2n) is 6.42. The number of ether oxygens (including phenoxy) is 1. The zero-order valence-corrected chi connectivity index (χ0v) is 16.0. The van der Waals surface area contributed by atoms with Crippen molar-refractivity contribution in [3.05, 3.63) is 52.2 Å². The summed E-state index contributed by atoms with van der Waals surface area (Å²) in [7, 11) is 0. The van der Waals surface area contributed by atoms with Crippen LogP contribution in [0.3, 0.4) is 0 Å². The molecule has 0 spiro atoms. The molecule has 0 saturated carbocycles. The number of hydrogen-bond acceptors (Lipinski definition) is 5. The number of fused-ring (bicyclic) bond motifs is 1. The molecule has 0 saturated heterocycles. The van der Waals surface area contributed by atoms with Crippen LogP contribution in [0.1, 0.15) is 35.0 Å². The Morgan fingerprint density at radius 1 is 1.22 bits per heavy atom. The number of para-hydroxylation sites is 1. The number of hydrogen-bond donors (Lipinski definition) is 1. The average molecular weight is 386 g/mol. The summed E-state index contributed by atoms with van der Waals surface area (Å²) in [5.74, 6) is -0.953. The van der Waals surface area contributed by atoms with Gasteiger partial charge in [0.15, 0.2) is 6.61 Å². The number of nitrogens with one attached hydrogen (secondary N) is 1. The number of anilines is 1. The number of benzene rings is 1. The van der Waals surface area contributed by atoms with E-state index in [1.807, 2.05) is 36.6 Å². The summed E-state index contributed by atoms with van der Waals surface area (Å²) in [6, 6.07) is 11.4. The van der Waals surface area contributed by atoms with Gasteiger partial charge in [-0.15, -0.1) is 11.3 Å². The van der Waals surface area contributed by atoms with Crippen molar-refractivity contribution in [3.8, 4) is 0 Å². The fraction of sp³-hybridized carbons (Fsp3) is 0.350. The lowest BCUT2D eigenvalue weighted by atomic mass is 9.96. The van der Waals surface area contributed by atoms with Gasteiger partial charge in [-0.1, -0.05) is 24.3 Å². The van der Waals surface area contributed by atoms with Gasteiger partial charge in [0.1, 0.15) is 0 Å². The summed E-state index contributed by atoms with van der Waals surface area (Å²) < 4.78 is 5.11. The number of thiophene rings is 1. The van der Waals surface area contributed by atoms with E-state index in [0.29, 0.717) is 4.88 Å². The maximum absolute atomic E-state index is 12.6. The standard InChI is InChI=1S/C20H22N2O4S/c1-14-8-9-15-5-2-3-6-16(15)22(14)18(23)13-26-19(24)10-11-21-20(25)17-7-4-12-27-17/h2-7,12,14H,8-11,13H2,1H3,(H,21,25). The lowest BCUT2D eigenvalue weighted by Gasteiger charge is -2.35. The third-order valence-corrected chi connectivity index (χ3v) is 5.38. The van der Waals surface area contributed by atoms with Crippen molar-refractivity contribution in [1.29, 1.82) is 0 Å². The van der Waals surface area contributed by atoms with E-state index in [4.69, 9.17) is 4.74 Å². The zero-order chi connectivity index (χ0) is 19.2. The molecule has 27 heavy (non-hydrogen) atoms. The Hall–Kier alpha value is -2.67. The van der Waals surface area contributed by atoms with E-state index in [0.717, 1.165) is 24.1 Å². The van der Waals surface area contributed by atoms with Gasteiger partial charge in [0.2, 0.25) is 0 Å². The predicted molar refractivity (Wildman–Crippen MR) is 104 cm³/mol. The van der Waals surface area contributed by atoms with Crippen LogP contribution < -0.4 is 10.2 Å². The summed E-state index contributed by atoms with van der Waals surface area (Å²) in [5, 5.41) is 4.48. The lowest BCUT2D eigenvalue weighted by molar-refractivity contribution is -0.147. The Kier molecular flexibility index (Phi) is 6.24. The number of rotatable bonds is 6. The number of nitrogens with zero attached hydrogens (tertiary/aromatic N) is 1. The van der Waals surface area contributed by atoms with Gasteiger partial charge in [-0.2, -0.15) is 0 Å². The monoisotopic (exact) mass is 386 g/mol. The third kappa shape index (κ3) is 4.74. The molecule has 6 nitrogen and oxygen atoms in total. The molecule has 142 valence electrons. The van der Waals surface area contributed by atoms with Crippen molar-refractivity contribution < 1.29 is 19.1 Å². The van der Waals surface area contributed by atoms with Crippen molar-refractivity contribution in [2.75, 3.05) is 18.1 Å². The summed E-state index contributed by atoms with van der Waals surface area (Å²) in [4.78, 5) is 38.6. The fourth-order valence-electron chi connectivity index (χ4n) is 3.13. The van der Waals surface area contributed by atoms with Crippen LogP contribution in [0.4, 0.5) is 5.69 Å². The molecule has 2 amide bonds. The van der Waals surface area contributed by atoms with Crippen LogP contribution in [-0.4, -0.2) is 37.0 Å². The molecule has 2 aromatic rings. The van der Waals surface area contributed by atoms with E-state index in [-0.39, 0.29) is 37.4 Å². The van der Waals surface area contributed by atoms with E-state index in [1.54, 1.807) is 17.0 Å². The van der Waals surface area contributed by atoms with Gasteiger partial charge in [-0.05, 0) is 42.8 Å². The highest BCUT2D eigenvalue weighted by Crippen LogP contribution is 2.30. The normalized spacial score (nSPS) is 15.7. The van der Waals surface area contributed by atoms with E-state index in [2.05, 4.69) is 5.32 Å². The highest BCUT2D eigenvalue weighted by molar-refractivity contribution is 7.12. The number of esters is 1. The van der Waals surface area contributed by atoms with E-state index in [1.165, 1.54) is 11.3 Å². The smallest absolute Gasteiger partial charge is 0.308 e. The maximum atomic E-state index is 12.6. The predicted octanol–water partition coefficient (Wildman–Crippen LogP) is 2.78. The highest BCUT2D eigenvalue weighted by atomic mass is 32.1. The van der Waals surface area contributed by atoms with E-state index < -0.39 is 5.97 Å². The van der Waals surface area contributed by atoms with Crippen LogP contribution in [0.5, 0.6) is 0 Å². The van der Waals surface area contributed by atoms with Crippen LogP contribution >= 0.6 is 11.3 Å². The van der Waals surface area contributed by atoms with Crippen molar-refractivity contribution in [1.82, 2.24) is 5.32 Å². The molecule has 7 heteroatoms. The van der Waals surface area contributed by atoms with E-state index in [9.17, 15) is 14.4 Å². The number of amides is 2. The summed E-state index contributed by atoms with van der Waals surface area (Å²) in [6.07, 6.45) is 1.84. The summed E-state index contributed by atoms with van der Waals surface area (Å²) in [6.45, 7) is 1.87. The molecular weight excluding hydrogens is 364 g/mol. The highest BCUT2D eigenvalue weighted by Gasteiger charge is 2.28. The van der Waals surface area contributed by atoms with E-state index >= 15 is 0 Å². The first-order chi connectivity index (χ1) is 13.1. The van der Waals surface area contributed by atoms with Gasteiger partial charge in [0.05, 0.1) is 11.3 Å². The minimum Gasteiger partial charge on any atom is -0.455 e. The molecule has 0 aliphatic carbocycles. The number of aryl methyl sites for hydroxylation is 1. The van der Waals surface area contributed by atoms with Crippen LogP contribution in [0, 0.1) is 0 Å². The second-order valence-corrected chi connectivity index (χ2v) is 7.37. The first-order valence-corrected chi connectivity index (χ1v) is 9.81. The van der Waals surface area contributed by atoms with Gasteiger partial charge in [-0.25, -0.2) is 0 Å². The van der Waals surface area contributed by atoms with Gasteiger partial charge in [0, 0.05) is 18.3 Å². The maximum Gasteiger partial charge on any atom is 0.308 e. The Balaban J connectivity index is 1.46. The minimum atomic E-state index is -0.507. The van der Waals surface area contributed by atoms with Gasteiger partial charge in [0.25, 0.3) is 11.8 Å². The molecule has 1 aliphatic rings. The van der Waals surface area contributed by atoms with Crippen LogP contribution in [-0.2, 0) is 20.7 Å². The molecule has 0 bridgehead atoms. The molecule has 3 rings (SSSR count). The second kappa shape index (κ2) is 8.81. The number of carbonyl (C=O) groups is 3. The van der Waals surface area contributed by atoms with Crippen molar-refractivity contribution in [2.45, 2.75) is 32.2 Å². The van der Waals surface area contributed by atoms with Crippen LogP contribution in [0.2, 0.25) is 0 Å². The van der Waals surface area contributed by atoms with Crippen LogP contribution in [0.25, 0.3) is 0 Å². The molecule has 1 aromatic heterocycles. The van der Waals surface area contributed by atoms with Crippen LogP contribution in [0.15, 0.2) is 41.8 Å². The molecule has 1 N–H and O–H groups in total. The molecule has 1 atom stereocenters. The molecule has 0 radical (unpaired) electrons. The Labute approximate surface area is 162 Å². The van der Waals surface area contributed by atoms with Crippen molar-refractivity contribution in [3.63, 3.8) is 0 Å². The SMILES string of the molecule is CC1CCc2ccccc2N1C(=O)COC(=O)CCNC(=O)c1cccs1. The zero-order valence-electron chi connectivity index (χ0n) is 15.1. The lowest BCUT2D eigenvalue weighted by Crippen LogP contribution is -2.44. The quantitative estimate of drug-likeness (QED) is 0.775. The average Bonchev–Trinajstić information content (AvgIpc) is 3.21.